The molecule has 0 aliphatic rings. The Balaban J connectivity index is 2.38. The Bertz CT molecular complexity index is 482. The number of hydrogen-bond donors (Lipinski definition) is 2. The lowest BCUT2D eigenvalue weighted by molar-refractivity contribution is -0.132. The number of carbonyl (C=O) groups excluding carboxylic acids is 1. The van der Waals surface area contributed by atoms with Crippen LogP contribution in [-0.4, -0.2) is 42.9 Å². The highest BCUT2D eigenvalue weighted by Crippen LogP contribution is 2.14. The number of furan rings is 1. The molecule has 2 N–H and O–H groups in total. The molecule has 0 saturated heterocycles. The van der Waals surface area contributed by atoms with Gasteiger partial charge in [-0.3, -0.25) is 4.79 Å². The van der Waals surface area contributed by atoms with Crippen LogP contribution in [0.5, 0.6) is 0 Å². The van der Waals surface area contributed by atoms with Crippen molar-refractivity contribution in [2.75, 3.05) is 19.8 Å². The fraction of sp³-hybridized carbons (Fsp3) is 0.571. The molecule has 0 fully saturated rings. The number of ether oxygens (including phenoxy) is 2. The first-order valence-corrected chi connectivity index (χ1v) is 6.75. The van der Waals surface area contributed by atoms with Crippen molar-refractivity contribution in [3.8, 4) is 0 Å². The largest absolute Gasteiger partial charge is 0.478 e. The molecule has 0 aliphatic carbocycles. The summed E-state index contributed by atoms with van der Waals surface area (Å²) in [7, 11) is 0. The van der Waals surface area contributed by atoms with E-state index in [1.165, 1.54) is 6.07 Å². The fourth-order valence-corrected chi connectivity index (χ4v) is 1.66. The second kappa shape index (κ2) is 8.43. The summed E-state index contributed by atoms with van der Waals surface area (Å²) in [6, 6.07) is 1.40. The van der Waals surface area contributed by atoms with E-state index in [2.05, 4.69) is 5.32 Å². The minimum absolute atomic E-state index is 0.0975. The van der Waals surface area contributed by atoms with Crippen LogP contribution in [0.1, 0.15) is 35.7 Å². The predicted octanol–water partition coefficient (Wildman–Crippen LogP) is 1.34. The lowest BCUT2D eigenvalue weighted by Gasteiger charge is -2.12. The molecular formula is C14H21NO6. The van der Waals surface area contributed by atoms with E-state index in [9.17, 15) is 9.59 Å². The van der Waals surface area contributed by atoms with Gasteiger partial charge in [-0.15, -0.1) is 0 Å². The molecule has 1 atom stereocenters. The average molecular weight is 299 g/mol. The molecule has 7 nitrogen and oxygen atoms in total. The van der Waals surface area contributed by atoms with Gasteiger partial charge >= 0.3 is 5.97 Å². The number of carboxylic acids is 1. The summed E-state index contributed by atoms with van der Waals surface area (Å²) >= 11 is 0. The summed E-state index contributed by atoms with van der Waals surface area (Å²) in [5.74, 6) is -0.647. The highest BCUT2D eigenvalue weighted by atomic mass is 16.5. The quantitative estimate of drug-likeness (QED) is 0.668. The maximum Gasteiger partial charge on any atom is 0.339 e. The van der Waals surface area contributed by atoms with Crippen molar-refractivity contribution in [1.82, 2.24) is 5.32 Å². The van der Waals surface area contributed by atoms with Crippen LogP contribution in [0.15, 0.2) is 10.5 Å². The van der Waals surface area contributed by atoms with E-state index < -0.39 is 12.1 Å². The maximum atomic E-state index is 11.8. The number of hydrogen-bond acceptors (Lipinski definition) is 5. The molecule has 0 aromatic carbocycles. The third kappa shape index (κ3) is 5.57. The van der Waals surface area contributed by atoms with Crippen LogP contribution in [0.4, 0.5) is 0 Å². The Morgan fingerprint density at radius 3 is 2.71 bits per heavy atom. The Kier molecular flexibility index (Phi) is 6.90. The van der Waals surface area contributed by atoms with Crippen molar-refractivity contribution in [2.24, 2.45) is 0 Å². The summed E-state index contributed by atoms with van der Waals surface area (Å²) in [5.41, 5.74) is 0.0975. The number of carbonyl (C=O) groups is 2. The molecule has 1 aromatic heterocycles. The van der Waals surface area contributed by atoms with E-state index in [0.29, 0.717) is 31.3 Å². The number of aryl methyl sites for hydroxylation is 1. The summed E-state index contributed by atoms with van der Waals surface area (Å²) in [6.45, 7) is 6.58. The second-order valence-electron chi connectivity index (χ2n) is 4.42. The summed E-state index contributed by atoms with van der Waals surface area (Å²) < 4.78 is 15.7. The first-order valence-electron chi connectivity index (χ1n) is 6.75. The van der Waals surface area contributed by atoms with Gasteiger partial charge in [0.05, 0.1) is 19.8 Å². The van der Waals surface area contributed by atoms with Crippen molar-refractivity contribution in [2.45, 2.75) is 33.4 Å². The highest BCUT2D eigenvalue weighted by Gasteiger charge is 2.16. The molecule has 1 rings (SSSR count). The van der Waals surface area contributed by atoms with Gasteiger partial charge in [-0.1, -0.05) is 0 Å². The molecule has 118 valence electrons. The van der Waals surface area contributed by atoms with Crippen LogP contribution < -0.4 is 5.32 Å². The normalized spacial score (nSPS) is 12.1. The monoisotopic (exact) mass is 299 g/mol. The number of carboxylic acid groups (broad SMARTS) is 1. The Hall–Kier alpha value is -1.86. The van der Waals surface area contributed by atoms with Gasteiger partial charge in [0.25, 0.3) is 0 Å². The van der Waals surface area contributed by atoms with E-state index in [1.807, 2.05) is 6.92 Å². The standard InChI is InChI=1S/C14H21NO6/c1-4-19-5-6-20-10(3)13(16)15-8-11-7-12(14(17)18)9(2)21-11/h7,10H,4-6,8H2,1-3H3,(H,15,16)(H,17,18). The van der Waals surface area contributed by atoms with E-state index in [0.717, 1.165) is 0 Å². The van der Waals surface area contributed by atoms with Gasteiger partial charge in [0.1, 0.15) is 23.2 Å². The molecule has 0 bridgehead atoms. The summed E-state index contributed by atoms with van der Waals surface area (Å²) in [5, 5.41) is 11.5. The van der Waals surface area contributed by atoms with E-state index in [1.54, 1.807) is 13.8 Å². The van der Waals surface area contributed by atoms with Crippen LogP contribution in [0.3, 0.4) is 0 Å². The van der Waals surface area contributed by atoms with Gasteiger partial charge in [0.2, 0.25) is 5.91 Å². The topological polar surface area (TPSA) is 98.0 Å². The van der Waals surface area contributed by atoms with Crippen LogP contribution in [0, 0.1) is 6.92 Å². The number of aromatic carboxylic acids is 1. The lowest BCUT2D eigenvalue weighted by atomic mass is 10.2. The maximum absolute atomic E-state index is 11.8. The SMILES string of the molecule is CCOCCOC(C)C(=O)NCc1cc(C(=O)O)c(C)o1. The smallest absolute Gasteiger partial charge is 0.339 e. The van der Waals surface area contributed by atoms with Crippen LogP contribution in [0.25, 0.3) is 0 Å². The van der Waals surface area contributed by atoms with Crippen molar-refractivity contribution in [1.29, 1.82) is 0 Å². The molecule has 1 unspecified atom stereocenters. The van der Waals surface area contributed by atoms with Crippen molar-refractivity contribution in [3.05, 3.63) is 23.2 Å². The zero-order valence-electron chi connectivity index (χ0n) is 12.5. The average Bonchev–Trinajstić information content (AvgIpc) is 2.82. The molecule has 21 heavy (non-hydrogen) atoms. The van der Waals surface area contributed by atoms with Crippen LogP contribution in [-0.2, 0) is 20.8 Å². The Morgan fingerprint density at radius 2 is 2.14 bits per heavy atom. The zero-order chi connectivity index (χ0) is 15.8. The van der Waals surface area contributed by atoms with Crippen molar-refractivity contribution < 1.29 is 28.6 Å². The molecule has 7 heteroatoms. The summed E-state index contributed by atoms with van der Waals surface area (Å²) in [6.07, 6.45) is -0.611. The minimum Gasteiger partial charge on any atom is -0.478 e. The molecule has 1 amide bonds. The van der Waals surface area contributed by atoms with Gasteiger partial charge in [0, 0.05) is 6.61 Å². The lowest BCUT2D eigenvalue weighted by Crippen LogP contribution is -2.34. The van der Waals surface area contributed by atoms with E-state index in [-0.39, 0.29) is 18.0 Å². The molecule has 0 saturated carbocycles. The number of nitrogens with one attached hydrogen (secondary N) is 1. The number of amides is 1. The van der Waals surface area contributed by atoms with Gasteiger partial charge in [0.15, 0.2) is 0 Å². The minimum atomic E-state index is -1.05. The second-order valence-corrected chi connectivity index (χ2v) is 4.42. The van der Waals surface area contributed by atoms with Crippen molar-refractivity contribution >= 4 is 11.9 Å². The predicted molar refractivity (Wildman–Crippen MR) is 74.2 cm³/mol. The Labute approximate surface area is 123 Å². The fourth-order valence-electron chi connectivity index (χ4n) is 1.66. The molecule has 1 heterocycles. The third-order valence-corrected chi connectivity index (χ3v) is 2.80. The molecular weight excluding hydrogens is 278 g/mol. The zero-order valence-corrected chi connectivity index (χ0v) is 12.5. The Morgan fingerprint density at radius 1 is 1.43 bits per heavy atom. The first kappa shape index (κ1) is 17.2. The molecule has 0 radical (unpaired) electrons. The van der Waals surface area contributed by atoms with E-state index >= 15 is 0 Å². The number of rotatable bonds is 9. The van der Waals surface area contributed by atoms with Gasteiger partial charge < -0.3 is 24.3 Å². The van der Waals surface area contributed by atoms with Gasteiger partial charge in [-0.25, -0.2) is 4.79 Å². The molecule has 1 aromatic rings. The summed E-state index contributed by atoms with van der Waals surface area (Å²) in [4.78, 5) is 22.6. The van der Waals surface area contributed by atoms with Crippen LogP contribution >= 0.6 is 0 Å². The first-order chi connectivity index (χ1) is 9.95. The highest BCUT2D eigenvalue weighted by molar-refractivity contribution is 5.88. The van der Waals surface area contributed by atoms with Gasteiger partial charge in [-0.05, 0) is 26.8 Å². The van der Waals surface area contributed by atoms with E-state index in [4.69, 9.17) is 19.0 Å². The van der Waals surface area contributed by atoms with Crippen LogP contribution in [0.2, 0.25) is 0 Å². The third-order valence-electron chi connectivity index (χ3n) is 2.80. The molecule has 0 spiro atoms. The van der Waals surface area contributed by atoms with Gasteiger partial charge in [-0.2, -0.15) is 0 Å². The van der Waals surface area contributed by atoms with Crippen molar-refractivity contribution in [3.63, 3.8) is 0 Å². The molecule has 0 aliphatic heterocycles.